The van der Waals surface area contributed by atoms with Crippen LogP contribution in [0.15, 0.2) is 12.2 Å². The van der Waals surface area contributed by atoms with Gasteiger partial charge in [0.15, 0.2) is 6.10 Å². The summed E-state index contributed by atoms with van der Waals surface area (Å²) in [4.78, 5) is 11.2. The van der Waals surface area contributed by atoms with Crippen molar-refractivity contribution in [2.75, 3.05) is 12.5 Å². The normalized spacial score (nSPS) is 35.4. The van der Waals surface area contributed by atoms with Crippen LogP contribution in [0.25, 0.3) is 0 Å². The molecule has 0 spiro atoms. The second kappa shape index (κ2) is 3.92. The molecule has 2 rings (SSSR count). The minimum Gasteiger partial charge on any atom is -0.454 e. The monoisotopic (exact) mass is 216 g/mol. The molecule has 2 saturated heterocycles. The number of ether oxygens (including phenoxy) is 3. The summed E-state index contributed by atoms with van der Waals surface area (Å²) in [5, 5.41) is 0. The Kier molecular flexibility index (Phi) is 2.80. The first-order valence-corrected chi connectivity index (χ1v) is 5.44. The molecular weight excluding hydrogens is 204 g/mol. The van der Waals surface area contributed by atoms with Gasteiger partial charge in [-0.2, -0.15) is 0 Å². The van der Waals surface area contributed by atoms with E-state index in [0.717, 1.165) is 0 Å². The van der Waals surface area contributed by atoms with Crippen molar-refractivity contribution in [3.63, 3.8) is 0 Å². The van der Waals surface area contributed by atoms with Gasteiger partial charge in [-0.05, 0) is 6.92 Å². The Morgan fingerprint density at radius 1 is 1.57 bits per heavy atom. The van der Waals surface area contributed by atoms with Crippen molar-refractivity contribution in [1.82, 2.24) is 0 Å². The number of fused-ring (bicyclic) bond motifs is 1. The van der Waals surface area contributed by atoms with Gasteiger partial charge in [-0.1, -0.05) is 18.3 Å². The molecule has 0 bridgehead atoms. The van der Waals surface area contributed by atoms with Crippen LogP contribution >= 0.6 is 11.8 Å². The van der Waals surface area contributed by atoms with Gasteiger partial charge < -0.3 is 14.2 Å². The number of hydrogen-bond acceptors (Lipinski definition) is 5. The smallest absolute Gasteiger partial charge is 0.333 e. The average molecular weight is 216 g/mol. The van der Waals surface area contributed by atoms with E-state index in [0.29, 0.717) is 18.1 Å². The molecule has 2 heterocycles. The zero-order valence-electron chi connectivity index (χ0n) is 7.89. The third-order valence-electron chi connectivity index (χ3n) is 2.16. The molecule has 0 saturated carbocycles. The van der Waals surface area contributed by atoms with E-state index in [1.54, 1.807) is 18.7 Å². The van der Waals surface area contributed by atoms with Crippen LogP contribution < -0.4 is 0 Å². The van der Waals surface area contributed by atoms with E-state index < -0.39 is 0 Å². The molecule has 2 fully saturated rings. The third kappa shape index (κ3) is 1.80. The van der Waals surface area contributed by atoms with Crippen LogP contribution in [0.3, 0.4) is 0 Å². The van der Waals surface area contributed by atoms with Crippen molar-refractivity contribution in [2.45, 2.75) is 24.6 Å². The Labute approximate surface area is 86.6 Å². The van der Waals surface area contributed by atoms with Gasteiger partial charge in [-0.15, -0.1) is 0 Å². The highest BCUT2D eigenvalue weighted by Crippen LogP contribution is 2.35. The fourth-order valence-electron chi connectivity index (χ4n) is 1.41. The van der Waals surface area contributed by atoms with E-state index in [9.17, 15) is 4.79 Å². The van der Waals surface area contributed by atoms with Gasteiger partial charge in [0.05, 0.1) is 12.5 Å². The maximum atomic E-state index is 11.2. The van der Waals surface area contributed by atoms with Crippen LogP contribution in [-0.2, 0) is 19.0 Å². The predicted octanol–water partition coefficient (Wildman–Crippen LogP) is 0.920. The summed E-state index contributed by atoms with van der Waals surface area (Å²) in [6.45, 7) is 5.56. The zero-order valence-corrected chi connectivity index (χ0v) is 8.71. The first-order chi connectivity index (χ1) is 6.68. The number of carbonyl (C=O) groups is 1. The fraction of sp³-hybridized carbons (Fsp3) is 0.667. The molecule has 0 aromatic heterocycles. The maximum Gasteiger partial charge on any atom is 0.333 e. The summed E-state index contributed by atoms with van der Waals surface area (Å²) in [5.41, 5.74) is 0.428. The molecule has 0 N–H and O–H groups in total. The van der Waals surface area contributed by atoms with Gasteiger partial charge in [0.1, 0.15) is 11.5 Å². The molecule has 2 aliphatic rings. The molecule has 0 radical (unpaired) electrons. The van der Waals surface area contributed by atoms with Crippen molar-refractivity contribution in [3.05, 3.63) is 12.2 Å². The molecule has 2 aliphatic heterocycles. The number of thioether (sulfide) groups is 1. The van der Waals surface area contributed by atoms with Crippen molar-refractivity contribution in [1.29, 1.82) is 0 Å². The lowest BCUT2D eigenvalue weighted by Gasteiger charge is -2.15. The molecule has 3 unspecified atom stereocenters. The van der Waals surface area contributed by atoms with Crippen molar-refractivity contribution in [3.8, 4) is 0 Å². The van der Waals surface area contributed by atoms with Crippen LogP contribution in [0.1, 0.15) is 6.92 Å². The average Bonchev–Trinajstić information content (AvgIpc) is 2.69. The van der Waals surface area contributed by atoms with Gasteiger partial charge in [-0.25, -0.2) is 4.79 Å². The first-order valence-electron chi connectivity index (χ1n) is 4.40. The van der Waals surface area contributed by atoms with Crippen LogP contribution in [0.4, 0.5) is 0 Å². The lowest BCUT2D eigenvalue weighted by Crippen LogP contribution is -2.31. The van der Waals surface area contributed by atoms with Crippen LogP contribution in [0.2, 0.25) is 0 Å². The van der Waals surface area contributed by atoms with Gasteiger partial charge in [0, 0.05) is 5.57 Å². The van der Waals surface area contributed by atoms with Gasteiger partial charge in [-0.3, -0.25) is 0 Å². The molecule has 0 aromatic carbocycles. The highest BCUT2D eigenvalue weighted by molar-refractivity contribution is 7.99. The van der Waals surface area contributed by atoms with Gasteiger partial charge >= 0.3 is 5.97 Å². The Hall–Kier alpha value is -0.520. The van der Waals surface area contributed by atoms with E-state index in [-0.39, 0.29) is 23.6 Å². The Bertz CT molecular complexity index is 266. The molecule has 5 heteroatoms. The summed E-state index contributed by atoms with van der Waals surface area (Å²) in [7, 11) is 0. The Balaban J connectivity index is 1.93. The molecule has 14 heavy (non-hydrogen) atoms. The minimum absolute atomic E-state index is 0.0259. The van der Waals surface area contributed by atoms with Crippen molar-refractivity contribution in [2.24, 2.45) is 0 Å². The fourth-order valence-corrected chi connectivity index (χ4v) is 2.40. The van der Waals surface area contributed by atoms with Gasteiger partial charge in [0.2, 0.25) is 0 Å². The van der Waals surface area contributed by atoms with Crippen molar-refractivity contribution < 1.29 is 19.0 Å². The summed E-state index contributed by atoms with van der Waals surface area (Å²) in [6.07, 6.45) is -0.387. The van der Waals surface area contributed by atoms with Crippen LogP contribution in [0.5, 0.6) is 0 Å². The number of carbonyl (C=O) groups excluding carboxylic acids is 1. The molecule has 0 aliphatic carbocycles. The molecule has 4 nitrogen and oxygen atoms in total. The van der Waals surface area contributed by atoms with Crippen LogP contribution in [0, 0.1) is 0 Å². The van der Waals surface area contributed by atoms with Crippen molar-refractivity contribution >= 4 is 17.7 Å². The molecule has 78 valence electrons. The maximum absolute atomic E-state index is 11.2. The Morgan fingerprint density at radius 2 is 2.36 bits per heavy atom. The summed E-state index contributed by atoms with van der Waals surface area (Å²) < 4.78 is 16.0. The highest BCUT2D eigenvalue weighted by Gasteiger charge is 2.44. The topological polar surface area (TPSA) is 44.8 Å². The molecule has 3 atom stereocenters. The highest BCUT2D eigenvalue weighted by atomic mass is 32.2. The number of rotatable bonds is 2. The second-order valence-corrected chi connectivity index (χ2v) is 4.38. The minimum atomic E-state index is -0.375. The van der Waals surface area contributed by atoms with E-state index in [1.807, 2.05) is 0 Å². The summed E-state index contributed by atoms with van der Waals surface area (Å²) in [5.74, 6) is 0.232. The lowest BCUT2D eigenvalue weighted by atomic mass is 10.2. The largest absolute Gasteiger partial charge is 0.454 e. The SMILES string of the molecule is C=C(C)C(=O)OC1COC2SCOC12. The standard InChI is InChI=1S/C9H12O4S/c1-5(2)8(10)13-6-3-11-9-7(6)12-4-14-9/h6-7,9H,1,3-4H2,2H3. The summed E-state index contributed by atoms with van der Waals surface area (Å²) >= 11 is 1.59. The molecule has 0 amide bonds. The lowest BCUT2D eigenvalue weighted by molar-refractivity contribution is -0.148. The van der Waals surface area contributed by atoms with E-state index in [4.69, 9.17) is 14.2 Å². The van der Waals surface area contributed by atoms with E-state index >= 15 is 0 Å². The quantitative estimate of drug-likeness (QED) is 0.507. The summed E-state index contributed by atoms with van der Waals surface area (Å²) in [6, 6.07) is 0. The Morgan fingerprint density at radius 3 is 3.07 bits per heavy atom. The van der Waals surface area contributed by atoms with E-state index in [1.165, 1.54) is 0 Å². The van der Waals surface area contributed by atoms with Crippen LogP contribution in [-0.4, -0.2) is 36.2 Å². The second-order valence-electron chi connectivity index (χ2n) is 3.34. The predicted molar refractivity (Wildman–Crippen MR) is 51.8 cm³/mol. The third-order valence-corrected chi connectivity index (χ3v) is 3.16. The first kappa shape index (κ1) is 10.0. The van der Waals surface area contributed by atoms with Gasteiger partial charge in [0.25, 0.3) is 0 Å². The van der Waals surface area contributed by atoms with E-state index in [2.05, 4.69) is 6.58 Å². The zero-order chi connectivity index (χ0) is 10.1. The molecule has 0 aromatic rings. The number of esters is 1. The number of hydrogen-bond donors (Lipinski definition) is 0. The molecular formula is C9H12O4S.